The lowest BCUT2D eigenvalue weighted by molar-refractivity contribution is -0.138. The van der Waals surface area contributed by atoms with Gasteiger partial charge >= 0.3 is 5.97 Å². The highest BCUT2D eigenvalue weighted by Gasteiger charge is 2.28. The molecule has 2 rings (SSSR count). The van der Waals surface area contributed by atoms with Crippen molar-refractivity contribution in [2.75, 3.05) is 0 Å². The number of hydrogen-bond donors (Lipinski definition) is 2. The molecule has 0 saturated heterocycles. The maximum absolute atomic E-state index is 11.2. The summed E-state index contributed by atoms with van der Waals surface area (Å²) in [6.07, 6.45) is 0. The van der Waals surface area contributed by atoms with E-state index in [1.807, 2.05) is 42.5 Å². The van der Waals surface area contributed by atoms with Gasteiger partial charge in [0.15, 0.2) is 0 Å². The quantitative estimate of drug-likeness (QED) is 0.902. The van der Waals surface area contributed by atoms with E-state index in [2.05, 4.69) is 0 Å². The number of nitrogens with two attached hydrogens (primary N) is 1. The van der Waals surface area contributed by atoms with Crippen LogP contribution in [0.5, 0.6) is 0 Å². The maximum atomic E-state index is 11.2. The normalized spacial score (nSPS) is 13.8. The second kappa shape index (κ2) is 5.87. The minimum absolute atomic E-state index is 0.465. The number of halogens is 1. The van der Waals surface area contributed by atoms with E-state index in [0.29, 0.717) is 5.02 Å². The van der Waals surface area contributed by atoms with Gasteiger partial charge in [-0.3, -0.25) is 4.79 Å². The van der Waals surface area contributed by atoms with Gasteiger partial charge in [-0.1, -0.05) is 60.1 Å². The molecule has 2 aromatic rings. The summed E-state index contributed by atoms with van der Waals surface area (Å²) in [5.74, 6) is -1.51. The van der Waals surface area contributed by atoms with E-state index in [4.69, 9.17) is 17.3 Å². The highest BCUT2D eigenvalue weighted by atomic mass is 35.5. The van der Waals surface area contributed by atoms with Gasteiger partial charge in [-0.15, -0.1) is 0 Å². The van der Waals surface area contributed by atoms with Crippen molar-refractivity contribution in [1.82, 2.24) is 0 Å². The molecule has 0 aromatic heterocycles. The molecule has 3 nitrogen and oxygen atoms in total. The Morgan fingerprint density at radius 2 is 1.63 bits per heavy atom. The van der Waals surface area contributed by atoms with Crippen LogP contribution in [0.15, 0.2) is 54.6 Å². The zero-order valence-corrected chi connectivity index (χ0v) is 10.9. The molecule has 0 bridgehead atoms. The first-order valence-corrected chi connectivity index (χ1v) is 6.27. The van der Waals surface area contributed by atoms with E-state index >= 15 is 0 Å². The summed E-state index contributed by atoms with van der Waals surface area (Å²) < 4.78 is 0. The molecule has 0 amide bonds. The predicted octanol–water partition coefficient (Wildman–Crippen LogP) is 2.88. The Hall–Kier alpha value is -1.84. The highest BCUT2D eigenvalue weighted by molar-refractivity contribution is 6.31. The Kier molecular flexibility index (Phi) is 4.20. The van der Waals surface area contributed by atoms with Crippen molar-refractivity contribution in [1.29, 1.82) is 0 Å². The lowest BCUT2D eigenvalue weighted by Gasteiger charge is -2.22. The van der Waals surface area contributed by atoms with Crippen LogP contribution in [0.4, 0.5) is 0 Å². The van der Waals surface area contributed by atoms with Crippen LogP contribution in [0.3, 0.4) is 0 Å². The first-order valence-electron chi connectivity index (χ1n) is 5.89. The molecular formula is C15H14ClNO2. The van der Waals surface area contributed by atoms with Gasteiger partial charge in [0.2, 0.25) is 0 Å². The lowest BCUT2D eigenvalue weighted by Crippen LogP contribution is -2.37. The number of rotatable bonds is 4. The van der Waals surface area contributed by atoms with E-state index in [1.165, 1.54) is 0 Å². The molecule has 0 heterocycles. The summed E-state index contributed by atoms with van der Waals surface area (Å²) in [5.41, 5.74) is 7.40. The fraction of sp³-hybridized carbons (Fsp3) is 0.133. The summed E-state index contributed by atoms with van der Waals surface area (Å²) in [5, 5.41) is 9.72. The largest absolute Gasteiger partial charge is 0.480 e. The first kappa shape index (κ1) is 13.6. The van der Waals surface area contributed by atoms with Crippen molar-refractivity contribution in [3.63, 3.8) is 0 Å². The van der Waals surface area contributed by atoms with E-state index in [1.54, 1.807) is 12.1 Å². The SMILES string of the molecule is NC(C(=O)O)C(c1ccccc1)c1ccccc1Cl. The zero-order chi connectivity index (χ0) is 13.8. The number of carbonyl (C=O) groups is 1. The number of aliphatic carboxylic acids is 1. The van der Waals surface area contributed by atoms with Gasteiger partial charge in [0.05, 0.1) is 0 Å². The van der Waals surface area contributed by atoms with Gasteiger partial charge in [-0.2, -0.15) is 0 Å². The van der Waals surface area contributed by atoms with Gasteiger partial charge < -0.3 is 10.8 Å². The molecule has 0 radical (unpaired) electrons. The Bertz CT molecular complexity index is 571. The molecule has 0 aliphatic heterocycles. The third-order valence-corrected chi connectivity index (χ3v) is 3.39. The molecular weight excluding hydrogens is 262 g/mol. The molecule has 0 fully saturated rings. The van der Waals surface area contributed by atoms with Crippen LogP contribution in [0.1, 0.15) is 17.0 Å². The summed E-state index contributed by atoms with van der Waals surface area (Å²) in [4.78, 5) is 11.2. The van der Waals surface area contributed by atoms with Crippen molar-refractivity contribution in [2.45, 2.75) is 12.0 Å². The average molecular weight is 276 g/mol. The van der Waals surface area contributed by atoms with Crippen LogP contribution in [-0.2, 0) is 4.79 Å². The molecule has 2 atom stereocenters. The van der Waals surface area contributed by atoms with Crippen LogP contribution < -0.4 is 5.73 Å². The maximum Gasteiger partial charge on any atom is 0.321 e. The molecule has 2 unspecified atom stereocenters. The fourth-order valence-electron chi connectivity index (χ4n) is 2.11. The predicted molar refractivity (Wildman–Crippen MR) is 75.3 cm³/mol. The summed E-state index contributed by atoms with van der Waals surface area (Å²) in [7, 11) is 0. The second-order valence-electron chi connectivity index (χ2n) is 4.27. The van der Waals surface area contributed by atoms with Crippen molar-refractivity contribution in [2.24, 2.45) is 5.73 Å². The van der Waals surface area contributed by atoms with Crippen molar-refractivity contribution < 1.29 is 9.90 Å². The molecule has 0 aliphatic rings. The van der Waals surface area contributed by atoms with Gasteiger partial charge in [0, 0.05) is 10.9 Å². The Labute approximate surface area is 116 Å². The third kappa shape index (κ3) is 2.95. The Morgan fingerprint density at radius 3 is 2.21 bits per heavy atom. The highest BCUT2D eigenvalue weighted by Crippen LogP contribution is 2.32. The summed E-state index contributed by atoms with van der Waals surface area (Å²) >= 11 is 6.17. The van der Waals surface area contributed by atoms with Gasteiger partial charge in [0.1, 0.15) is 6.04 Å². The Morgan fingerprint density at radius 1 is 1.05 bits per heavy atom. The van der Waals surface area contributed by atoms with Crippen LogP contribution in [-0.4, -0.2) is 17.1 Å². The van der Waals surface area contributed by atoms with Gasteiger partial charge in [-0.25, -0.2) is 0 Å². The van der Waals surface area contributed by atoms with Crippen LogP contribution in [0, 0.1) is 0 Å². The second-order valence-corrected chi connectivity index (χ2v) is 4.68. The topological polar surface area (TPSA) is 63.3 Å². The number of carboxylic acids is 1. The van der Waals surface area contributed by atoms with E-state index < -0.39 is 17.9 Å². The molecule has 98 valence electrons. The van der Waals surface area contributed by atoms with Crippen molar-refractivity contribution in [3.8, 4) is 0 Å². The molecule has 0 spiro atoms. The standard InChI is InChI=1S/C15H14ClNO2/c16-12-9-5-4-8-11(12)13(14(17)15(18)19)10-6-2-1-3-7-10/h1-9,13-14H,17H2,(H,18,19). The van der Waals surface area contributed by atoms with Crippen molar-refractivity contribution >= 4 is 17.6 Å². The van der Waals surface area contributed by atoms with E-state index in [0.717, 1.165) is 11.1 Å². The average Bonchev–Trinajstić information content (AvgIpc) is 2.42. The monoisotopic (exact) mass is 275 g/mol. The minimum atomic E-state index is -1.05. The smallest absolute Gasteiger partial charge is 0.321 e. The van der Waals surface area contributed by atoms with Gasteiger partial charge in [-0.05, 0) is 17.2 Å². The molecule has 19 heavy (non-hydrogen) atoms. The van der Waals surface area contributed by atoms with Gasteiger partial charge in [0.25, 0.3) is 0 Å². The molecule has 0 saturated carbocycles. The molecule has 2 aromatic carbocycles. The molecule has 3 N–H and O–H groups in total. The minimum Gasteiger partial charge on any atom is -0.480 e. The van der Waals surface area contributed by atoms with Crippen LogP contribution >= 0.6 is 11.6 Å². The fourth-order valence-corrected chi connectivity index (χ4v) is 2.36. The zero-order valence-electron chi connectivity index (χ0n) is 10.2. The molecule has 0 aliphatic carbocycles. The first-order chi connectivity index (χ1) is 9.11. The van der Waals surface area contributed by atoms with Crippen molar-refractivity contribution in [3.05, 3.63) is 70.7 Å². The van der Waals surface area contributed by atoms with E-state index in [9.17, 15) is 9.90 Å². The third-order valence-electron chi connectivity index (χ3n) is 3.04. The van der Waals surface area contributed by atoms with Crippen LogP contribution in [0.2, 0.25) is 5.02 Å². The number of carboxylic acid groups (broad SMARTS) is 1. The van der Waals surface area contributed by atoms with Crippen LogP contribution in [0.25, 0.3) is 0 Å². The number of hydrogen-bond acceptors (Lipinski definition) is 2. The summed E-state index contributed by atoms with van der Waals surface area (Å²) in [6, 6.07) is 15.4. The molecule has 4 heteroatoms. The lowest BCUT2D eigenvalue weighted by atomic mass is 9.85. The Balaban J connectivity index is 2.53. The summed E-state index contributed by atoms with van der Waals surface area (Å²) in [6.45, 7) is 0. The van der Waals surface area contributed by atoms with E-state index in [-0.39, 0.29) is 0 Å². The number of benzene rings is 2.